The van der Waals surface area contributed by atoms with Crippen LogP contribution >= 0.6 is 0 Å². The van der Waals surface area contributed by atoms with Crippen LogP contribution in [0.3, 0.4) is 0 Å². The predicted molar refractivity (Wildman–Crippen MR) is 66.4 cm³/mol. The second-order valence-electron chi connectivity index (χ2n) is 6.08. The van der Waals surface area contributed by atoms with E-state index in [0.29, 0.717) is 5.92 Å². The van der Waals surface area contributed by atoms with E-state index in [4.69, 9.17) is 5.73 Å². The minimum absolute atomic E-state index is 0.0293. The summed E-state index contributed by atoms with van der Waals surface area (Å²) in [5.41, 5.74) is 4.94. The molecule has 0 aromatic carbocycles. The van der Waals surface area contributed by atoms with Gasteiger partial charge in [-0.15, -0.1) is 0 Å². The molecule has 2 aliphatic rings. The van der Waals surface area contributed by atoms with Gasteiger partial charge in [-0.25, -0.2) is 0 Å². The molecule has 0 aromatic rings. The molecule has 2 saturated carbocycles. The maximum atomic E-state index is 12.1. The Labute approximate surface area is 103 Å². The quantitative estimate of drug-likeness (QED) is 0.687. The number of nitrogens with one attached hydrogen (secondary N) is 1. The summed E-state index contributed by atoms with van der Waals surface area (Å²) >= 11 is 0. The first-order valence-corrected chi connectivity index (χ1v) is 6.72. The van der Waals surface area contributed by atoms with Crippen molar-refractivity contribution in [1.29, 1.82) is 0 Å². The minimum Gasteiger partial charge on any atom is -0.394 e. The molecule has 0 saturated heterocycles. The molecular formula is C13H24N2O2. The zero-order valence-electron chi connectivity index (χ0n) is 10.7. The molecule has 2 rings (SSSR count). The lowest BCUT2D eigenvalue weighted by molar-refractivity contribution is -0.132. The van der Waals surface area contributed by atoms with Crippen molar-refractivity contribution < 1.29 is 9.90 Å². The highest BCUT2D eigenvalue weighted by molar-refractivity contribution is 5.87. The number of hydrogen-bond donors (Lipinski definition) is 3. The van der Waals surface area contributed by atoms with Gasteiger partial charge in [0.15, 0.2) is 0 Å². The first-order valence-electron chi connectivity index (χ1n) is 6.72. The molecule has 0 radical (unpaired) electrons. The predicted octanol–water partition coefficient (Wildman–Crippen LogP) is 0.925. The van der Waals surface area contributed by atoms with Crippen LogP contribution in [0.1, 0.15) is 51.9 Å². The van der Waals surface area contributed by atoms with E-state index in [1.165, 1.54) is 0 Å². The second kappa shape index (κ2) is 4.58. The smallest absolute Gasteiger partial charge is 0.240 e. The van der Waals surface area contributed by atoms with Gasteiger partial charge in [-0.3, -0.25) is 4.79 Å². The van der Waals surface area contributed by atoms with Crippen molar-refractivity contribution in [3.05, 3.63) is 0 Å². The lowest BCUT2D eigenvalue weighted by Crippen LogP contribution is -2.64. The zero-order valence-corrected chi connectivity index (χ0v) is 10.7. The average molecular weight is 240 g/mol. The molecule has 98 valence electrons. The molecule has 4 heteroatoms. The summed E-state index contributed by atoms with van der Waals surface area (Å²) < 4.78 is 0. The van der Waals surface area contributed by atoms with Crippen LogP contribution in [-0.4, -0.2) is 28.7 Å². The molecule has 4 N–H and O–H groups in total. The van der Waals surface area contributed by atoms with Crippen molar-refractivity contribution in [3.8, 4) is 0 Å². The molecule has 0 aromatic heterocycles. The molecule has 4 nitrogen and oxygen atoms in total. The number of amides is 1. The summed E-state index contributed by atoms with van der Waals surface area (Å²) in [6.07, 6.45) is 6.45. The van der Waals surface area contributed by atoms with E-state index in [1.54, 1.807) is 0 Å². The van der Waals surface area contributed by atoms with Crippen LogP contribution in [0.5, 0.6) is 0 Å². The fourth-order valence-electron chi connectivity index (χ4n) is 2.79. The van der Waals surface area contributed by atoms with Gasteiger partial charge in [0.2, 0.25) is 5.91 Å². The van der Waals surface area contributed by atoms with Crippen LogP contribution < -0.4 is 11.1 Å². The summed E-state index contributed by atoms with van der Waals surface area (Å²) in [4.78, 5) is 12.1. The van der Waals surface area contributed by atoms with Crippen molar-refractivity contribution in [3.63, 3.8) is 0 Å². The highest BCUT2D eigenvalue weighted by Gasteiger charge is 2.44. The van der Waals surface area contributed by atoms with Gasteiger partial charge in [-0.1, -0.05) is 6.92 Å². The molecule has 0 unspecified atom stereocenters. The van der Waals surface area contributed by atoms with Crippen molar-refractivity contribution in [1.82, 2.24) is 5.32 Å². The summed E-state index contributed by atoms with van der Waals surface area (Å²) in [5.74, 6) is 0.634. The van der Waals surface area contributed by atoms with Crippen molar-refractivity contribution >= 4 is 5.91 Å². The van der Waals surface area contributed by atoms with E-state index in [9.17, 15) is 9.90 Å². The third kappa shape index (κ3) is 2.47. The SMILES string of the molecule is CC1CCC(CO)(NC(=O)C2(N)CCC2)CC1. The molecule has 0 atom stereocenters. The number of aliphatic hydroxyl groups excluding tert-OH is 1. The normalized spacial score (nSPS) is 36.1. The van der Waals surface area contributed by atoms with Crippen LogP contribution in [0.25, 0.3) is 0 Å². The van der Waals surface area contributed by atoms with Gasteiger partial charge in [0.25, 0.3) is 0 Å². The van der Waals surface area contributed by atoms with Gasteiger partial charge in [0.1, 0.15) is 0 Å². The fraction of sp³-hybridized carbons (Fsp3) is 0.923. The van der Waals surface area contributed by atoms with E-state index in [2.05, 4.69) is 12.2 Å². The highest BCUT2D eigenvalue weighted by Crippen LogP contribution is 2.34. The van der Waals surface area contributed by atoms with E-state index < -0.39 is 11.1 Å². The van der Waals surface area contributed by atoms with E-state index in [-0.39, 0.29) is 12.5 Å². The summed E-state index contributed by atoms with van der Waals surface area (Å²) in [6, 6.07) is 0. The Bertz CT molecular complexity index is 292. The largest absolute Gasteiger partial charge is 0.394 e. The van der Waals surface area contributed by atoms with Gasteiger partial charge in [0.05, 0.1) is 17.7 Å². The summed E-state index contributed by atoms with van der Waals surface area (Å²) in [5, 5.41) is 12.6. The monoisotopic (exact) mass is 240 g/mol. The van der Waals surface area contributed by atoms with E-state index in [1.807, 2.05) is 0 Å². The number of hydrogen-bond acceptors (Lipinski definition) is 3. The lowest BCUT2D eigenvalue weighted by Gasteiger charge is -2.43. The van der Waals surface area contributed by atoms with Crippen LogP contribution in [-0.2, 0) is 4.79 Å². The van der Waals surface area contributed by atoms with E-state index in [0.717, 1.165) is 44.9 Å². The fourth-order valence-corrected chi connectivity index (χ4v) is 2.79. The molecule has 0 heterocycles. The van der Waals surface area contributed by atoms with Crippen LogP contribution in [0.2, 0.25) is 0 Å². The first kappa shape index (κ1) is 12.8. The second-order valence-corrected chi connectivity index (χ2v) is 6.08. The number of nitrogens with two attached hydrogens (primary N) is 1. The number of carbonyl (C=O) groups is 1. The van der Waals surface area contributed by atoms with Crippen LogP contribution in [0.15, 0.2) is 0 Å². The van der Waals surface area contributed by atoms with Gasteiger partial charge >= 0.3 is 0 Å². The maximum absolute atomic E-state index is 12.1. The van der Waals surface area contributed by atoms with Crippen molar-refractivity contribution in [2.24, 2.45) is 11.7 Å². The average Bonchev–Trinajstić information content (AvgIpc) is 2.29. The Morgan fingerprint density at radius 1 is 1.35 bits per heavy atom. The molecule has 0 spiro atoms. The Morgan fingerprint density at radius 3 is 2.35 bits per heavy atom. The van der Waals surface area contributed by atoms with Gasteiger partial charge in [-0.2, -0.15) is 0 Å². The third-order valence-electron chi connectivity index (χ3n) is 4.61. The zero-order chi connectivity index (χ0) is 12.5. The Hall–Kier alpha value is -0.610. The van der Waals surface area contributed by atoms with Crippen molar-refractivity contribution in [2.45, 2.75) is 62.9 Å². The summed E-state index contributed by atoms with van der Waals surface area (Å²) in [6.45, 7) is 2.25. The molecular weight excluding hydrogens is 216 g/mol. The first-order chi connectivity index (χ1) is 8.00. The standard InChI is InChI=1S/C13H24N2O2/c1-10-3-7-12(9-16,8-4-10)15-11(17)13(14)5-2-6-13/h10,16H,2-9,14H2,1H3,(H,15,17). The molecule has 1 amide bonds. The van der Waals surface area contributed by atoms with Crippen LogP contribution in [0.4, 0.5) is 0 Å². The van der Waals surface area contributed by atoms with Gasteiger partial charge < -0.3 is 16.2 Å². The maximum Gasteiger partial charge on any atom is 0.240 e. The number of carbonyl (C=O) groups excluding carboxylic acids is 1. The molecule has 2 fully saturated rings. The van der Waals surface area contributed by atoms with Crippen LogP contribution in [0, 0.1) is 5.92 Å². The Morgan fingerprint density at radius 2 is 1.94 bits per heavy atom. The highest BCUT2D eigenvalue weighted by atomic mass is 16.3. The summed E-state index contributed by atoms with van der Waals surface area (Å²) in [7, 11) is 0. The number of aliphatic hydroxyl groups is 1. The molecule has 2 aliphatic carbocycles. The number of rotatable bonds is 3. The third-order valence-corrected chi connectivity index (χ3v) is 4.61. The molecule has 17 heavy (non-hydrogen) atoms. The lowest BCUT2D eigenvalue weighted by atomic mass is 9.74. The Balaban J connectivity index is 1.97. The van der Waals surface area contributed by atoms with Gasteiger partial charge in [-0.05, 0) is 50.9 Å². The topological polar surface area (TPSA) is 75.3 Å². The Kier molecular flexibility index (Phi) is 3.46. The van der Waals surface area contributed by atoms with Crippen molar-refractivity contribution in [2.75, 3.05) is 6.61 Å². The van der Waals surface area contributed by atoms with E-state index >= 15 is 0 Å². The molecule has 0 bridgehead atoms. The van der Waals surface area contributed by atoms with Gasteiger partial charge in [0, 0.05) is 0 Å². The molecule has 0 aliphatic heterocycles. The minimum atomic E-state index is -0.661.